The van der Waals surface area contributed by atoms with E-state index in [1.54, 1.807) is 72.8 Å². The number of rotatable bonds is 21. The van der Waals surface area contributed by atoms with E-state index in [9.17, 15) is 51.8 Å². The van der Waals surface area contributed by atoms with E-state index in [-0.39, 0.29) is 85.1 Å². The molecule has 2 N–H and O–H groups in total. The Labute approximate surface area is 490 Å². The Morgan fingerprint density at radius 2 is 0.698 bits per heavy atom. The predicted molar refractivity (Wildman–Crippen MR) is 301 cm³/mol. The fraction of sp³-hybridized carbons (Fsp3) is 0.154. The van der Waals surface area contributed by atoms with Gasteiger partial charge in [-0.2, -0.15) is 0 Å². The summed E-state index contributed by atoms with van der Waals surface area (Å²) in [5.74, 6) is -4.41. The van der Waals surface area contributed by atoms with Crippen LogP contribution in [-0.4, -0.2) is 66.2 Å². The first-order valence-electron chi connectivity index (χ1n) is 25.7. The highest BCUT2D eigenvalue weighted by atomic mass is 19.1. The number of benzene rings is 8. The van der Waals surface area contributed by atoms with Gasteiger partial charge in [0.25, 0.3) is 0 Å². The molecule has 0 aliphatic rings. The van der Waals surface area contributed by atoms with Crippen molar-refractivity contribution in [3.63, 3.8) is 0 Å². The fourth-order valence-electron chi connectivity index (χ4n) is 7.43. The van der Waals surface area contributed by atoms with Gasteiger partial charge in [-0.25, -0.2) is 37.1 Å². The van der Waals surface area contributed by atoms with Crippen molar-refractivity contribution in [3.8, 4) is 28.7 Å². The van der Waals surface area contributed by atoms with E-state index in [4.69, 9.17) is 38.3 Å². The zero-order valence-electron chi connectivity index (χ0n) is 46.5. The lowest BCUT2D eigenvalue weighted by Gasteiger charge is -2.12. The summed E-state index contributed by atoms with van der Waals surface area (Å²) < 4.78 is 87.8. The van der Waals surface area contributed by atoms with E-state index in [2.05, 4.69) is 9.47 Å². The number of halogens is 3. The number of hydrogen-bond donors (Lipinski definition) is 2. The number of aromatic carboxylic acids is 1. The quantitative estimate of drug-likeness (QED) is 0.0386. The predicted octanol–water partition coefficient (Wildman–Crippen LogP) is 11.5. The molecule has 0 aliphatic carbocycles. The average molecular weight is 1180 g/mol. The number of esters is 6. The van der Waals surface area contributed by atoms with E-state index >= 15 is 0 Å². The van der Waals surface area contributed by atoms with Gasteiger partial charge >= 0.3 is 41.8 Å². The summed E-state index contributed by atoms with van der Waals surface area (Å²) in [4.78, 5) is 81.4. The summed E-state index contributed by atoms with van der Waals surface area (Å²) in [5.41, 5.74) is 3.39. The van der Waals surface area contributed by atoms with Gasteiger partial charge in [0.05, 0.1) is 48.6 Å². The van der Waals surface area contributed by atoms with Gasteiger partial charge in [-0.05, 0) is 138 Å². The average Bonchev–Trinajstić information content (AvgIpc) is 3.18. The van der Waals surface area contributed by atoms with Crippen LogP contribution in [-0.2, 0) is 68.2 Å². The molecule has 0 bridgehead atoms. The highest BCUT2D eigenvalue weighted by Gasteiger charge is 2.17. The minimum Gasteiger partial charge on any atom is -0.489 e. The molecule has 0 amide bonds. The highest BCUT2D eigenvalue weighted by Crippen LogP contribution is 2.26. The van der Waals surface area contributed by atoms with Crippen molar-refractivity contribution in [1.82, 2.24) is 0 Å². The molecule has 86 heavy (non-hydrogen) atoms. The standard InChI is InChI=1S/C25H21FO7.C23H19FO6.C17H15FO5/c1-16(27)31-14-17-11-20(13-22(12-17)32-15-19-5-3-4-6-23(19)26)25(29)33-21-9-7-18(8-10-21)24(28)30-2;1-28-22(26)16-6-8-19(9-7-16)30-23(27)18-10-15(13-25)11-20(12-18)29-14-17-4-2-3-5-21(17)24;1-11(19)22-9-12-6-14(17(20)21)8-15(7-12)23-10-13-4-2-3-5-16(13)18/h3-13H,14-15H2,1-2H3;2-12,25H,13-14H2,1H3;2-8H,9-10H2,1H3,(H,20,21). The van der Waals surface area contributed by atoms with E-state index in [0.29, 0.717) is 44.5 Å². The Morgan fingerprint density at radius 1 is 0.372 bits per heavy atom. The number of methoxy groups -OCH3 is 2. The van der Waals surface area contributed by atoms with Crippen molar-refractivity contribution in [2.24, 2.45) is 0 Å². The van der Waals surface area contributed by atoms with Crippen molar-refractivity contribution in [2.45, 2.75) is 53.5 Å². The second kappa shape index (κ2) is 32.2. The molecule has 18 nitrogen and oxygen atoms in total. The number of carbonyl (C=O) groups is 7. The molecule has 0 spiro atoms. The molecular weight excluding hydrogens is 1130 g/mol. The first-order chi connectivity index (χ1) is 41.3. The number of ether oxygens (including phenoxy) is 9. The molecule has 0 aromatic heterocycles. The van der Waals surface area contributed by atoms with Crippen LogP contribution in [0.1, 0.15) is 99.0 Å². The van der Waals surface area contributed by atoms with E-state index in [1.165, 1.54) is 131 Å². The van der Waals surface area contributed by atoms with Crippen molar-refractivity contribution >= 4 is 41.8 Å². The number of aliphatic hydroxyl groups excluding tert-OH is 1. The Bertz CT molecular complexity index is 3680. The lowest BCUT2D eigenvalue weighted by molar-refractivity contribution is -0.143. The third-order valence-electron chi connectivity index (χ3n) is 11.7. The summed E-state index contributed by atoms with van der Waals surface area (Å²) in [6, 6.07) is 43.6. The van der Waals surface area contributed by atoms with Crippen molar-refractivity contribution in [3.05, 3.63) is 255 Å². The topological polar surface area (TPSA) is 243 Å². The Morgan fingerprint density at radius 3 is 1.02 bits per heavy atom. The SMILES string of the molecule is CC(=O)OCc1cc(OCc2ccccc2F)cc(C(=O)O)c1.COC(=O)c1ccc(OC(=O)c2cc(CO)cc(OCc3ccccc3F)c2)cc1.COC(=O)c1ccc(OC(=O)c2cc(COC(C)=O)cc(OCc3ccccc3F)c2)cc1. The van der Waals surface area contributed by atoms with Gasteiger partial charge in [-0.3, -0.25) is 9.59 Å². The molecule has 0 saturated carbocycles. The maximum absolute atomic E-state index is 13.9. The van der Waals surface area contributed by atoms with Crippen LogP contribution in [0.5, 0.6) is 28.7 Å². The zero-order valence-corrected chi connectivity index (χ0v) is 46.5. The first kappa shape index (κ1) is 64.4. The normalized spacial score (nSPS) is 10.3. The Balaban J connectivity index is 0.000000210. The molecule has 21 heteroatoms. The molecule has 8 rings (SSSR count). The van der Waals surface area contributed by atoms with Gasteiger partial charge in [0.15, 0.2) is 0 Å². The minimum absolute atomic E-state index is 0.00168. The number of carbonyl (C=O) groups excluding carboxylic acids is 6. The molecule has 0 radical (unpaired) electrons. The second-order valence-corrected chi connectivity index (χ2v) is 18.1. The number of carboxylic acid groups (broad SMARTS) is 1. The summed E-state index contributed by atoms with van der Waals surface area (Å²) in [6.45, 7) is 1.93. The smallest absolute Gasteiger partial charge is 0.343 e. The van der Waals surface area contributed by atoms with Gasteiger partial charge in [-0.15, -0.1) is 0 Å². The van der Waals surface area contributed by atoms with E-state index < -0.39 is 59.2 Å². The van der Waals surface area contributed by atoms with Crippen LogP contribution in [0.2, 0.25) is 0 Å². The van der Waals surface area contributed by atoms with Crippen molar-refractivity contribution in [1.29, 1.82) is 0 Å². The van der Waals surface area contributed by atoms with Crippen molar-refractivity contribution in [2.75, 3.05) is 14.2 Å². The number of carboxylic acids is 1. The molecule has 0 fully saturated rings. The fourth-order valence-corrected chi connectivity index (χ4v) is 7.43. The summed E-state index contributed by atoms with van der Waals surface area (Å²) in [5, 5.41) is 18.6. The third kappa shape index (κ3) is 20.3. The van der Waals surface area contributed by atoms with Gasteiger partial charge < -0.3 is 52.8 Å². The summed E-state index contributed by atoms with van der Waals surface area (Å²) in [6.07, 6.45) is 0. The molecule has 0 saturated heterocycles. The molecule has 8 aromatic carbocycles. The monoisotopic (exact) mass is 1180 g/mol. The molecule has 0 aliphatic heterocycles. The van der Waals surface area contributed by atoms with Crippen LogP contribution in [0.15, 0.2) is 176 Å². The Hall–Kier alpha value is -10.8. The Kier molecular flexibility index (Phi) is 24.1. The largest absolute Gasteiger partial charge is 0.489 e. The van der Waals surface area contributed by atoms with Crippen LogP contribution < -0.4 is 23.7 Å². The summed E-state index contributed by atoms with van der Waals surface area (Å²) >= 11 is 0. The van der Waals surface area contributed by atoms with Gasteiger partial charge in [-0.1, -0.05) is 54.6 Å². The maximum Gasteiger partial charge on any atom is 0.343 e. The number of hydrogen-bond acceptors (Lipinski definition) is 17. The van der Waals surface area contributed by atoms with Crippen LogP contribution in [0, 0.1) is 17.5 Å². The molecule has 0 atom stereocenters. The summed E-state index contributed by atoms with van der Waals surface area (Å²) in [7, 11) is 2.54. The molecular formula is C65H55F3O18. The molecule has 0 unspecified atom stereocenters. The van der Waals surface area contributed by atoms with E-state index in [0.717, 1.165) is 0 Å². The van der Waals surface area contributed by atoms with Crippen LogP contribution >= 0.6 is 0 Å². The number of aliphatic hydroxyl groups is 1. The second-order valence-electron chi connectivity index (χ2n) is 18.1. The van der Waals surface area contributed by atoms with Crippen LogP contribution in [0.4, 0.5) is 13.2 Å². The first-order valence-corrected chi connectivity index (χ1v) is 25.7. The molecule has 8 aromatic rings. The van der Waals surface area contributed by atoms with Gasteiger partial charge in [0.2, 0.25) is 0 Å². The van der Waals surface area contributed by atoms with E-state index in [1.807, 2.05) is 0 Å². The zero-order chi connectivity index (χ0) is 62.1. The lowest BCUT2D eigenvalue weighted by Crippen LogP contribution is -2.11. The third-order valence-corrected chi connectivity index (χ3v) is 11.7. The van der Waals surface area contributed by atoms with Gasteiger partial charge in [0.1, 0.15) is 79.2 Å². The lowest BCUT2D eigenvalue weighted by atomic mass is 10.1. The minimum atomic E-state index is -1.13. The highest BCUT2D eigenvalue weighted by molar-refractivity contribution is 5.94. The van der Waals surface area contributed by atoms with Crippen LogP contribution in [0.25, 0.3) is 0 Å². The molecule has 444 valence electrons. The van der Waals surface area contributed by atoms with Crippen LogP contribution in [0.3, 0.4) is 0 Å². The van der Waals surface area contributed by atoms with Gasteiger partial charge in [0, 0.05) is 30.5 Å². The molecule has 0 heterocycles. The van der Waals surface area contributed by atoms with Crippen molar-refractivity contribution < 1.29 is 99.6 Å². The maximum atomic E-state index is 13.9.